The standard InChI is InChI=1S/C20H36O10/c1-4-6-7-8-12(5-2)29-19-18(26)17(25)16(24)13(30-19)11-28-15(23)10-20(3,27)9-14(21)22/h12-13,16-19,24-27H,4-11H2,1-3H3,(H,21,22)/t12-,13-,16-,17+,18-,19-,20-/m1/s1. The fourth-order valence-corrected chi connectivity index (χ4v) is 3.27. The van der Waals surface area contributed by atoms with Crippen LogP contribution in [0, 0.1) is 0 Å². The van der Waals surface area contributed by atoms with Crippen molar-refractivity contribution in [1.29, 1.82) is 0 Å². The van der Waals surface area contributed by atoms with Crippen LogP contribution < -0.4 is 0 Å². The van der Waals surface area contributed by atoms with E-state index in [2.05, 4.69) is 6.92 Å². The molecule has 10 heteroatoms. The summed E-state index contributed by atoms with van der Waals surface area (Å²) < 4.78 is 16.3. The van der Waals surface area contributed by atoms with Gasteiger partial charge < -0.3 is 39.7 Å². The second kappa shape index (κ2) is 12.5. The van der Waals surface area contributed by atoms with E-state index in [9.17, 15) is 30.0 Å². The number of esters is 1. The van der Waals surface area contributed by atoms with Crippen molar-refractivity contribution in [2.45, 2.75) is 108 Å². The zero-order chi connectivity index (χ0) is 22.9. The van der Waals surface area contributed by atoms with Gasteiger partial charge in [0.05, 0.1) is 24.5 Å². The molecule has 1 aliphatic heterocycles. The number of ether oxygens (including phenoxy) is 3. The summed E-state index contributed by atoms with van der Waals surface area (Å²) in [7, 11) is 0. The SMILES string of the molecule is CCCCC[C@@H](CC)O[C@@H]1O[C@H](COC(=O)C[C@](C)(O)CC(=O)O)[C@@H](O)[C@H](O)[C@H]1O. The van der Waals surface area contributed by atoms with Gasteiger partial charge in [0.1, 0.15) is 31.0 Å². The van der Waals surface area contributed by atoms with Crippen molar-refractivity contribution in [3.63, 3.8) is 0 Å². The van der Waals surface area contributed by atoms with E-state index in [1.807, 2.05) is 6.92 Å². The number of carboxylic acids is 1. The summed E-state index contributed by atoms with van der Waals surface area (Å²) in [6, 6.07) is 0. The number of unbranched alkanes of at least 4 members (excludes halogenated alkanes) is 2. The fraction of sp³-hybridized carbons (Fsp3) is 0.900. The van der Waals surface area contributed by atoms with Crippen molar-refractivity contribution in [2.24, 2.45) is 0 Å². The molecular weight excluding hydrogens is 400 g/mol. The molecule has 1 saturated heterocycles. The Morgan fingerprint density at radius 3 is 2.30 bits per heavy atom. The van der Waals surface area contributed by atoms with Crippen molar-refractivity contribution in [2.75, 3.05) is 6.61 Å². The molecule has 0 aliphatic carbocycles. The number of aliphatic hydroxyl groups is 4. The molecule has 0 aromatic rings. The summed E-state index contributed by atoms with van der Waals surface area (Å²) in [4.78, 5) is 22.6. The Bertz CT molecular complexity index is 538. The Balaban J connectivity index is 2.64. The van der Waals surface area contributed by atoms with Gasteiger partial charge in [-0.05, 0) is 19.8 Å². The molecule has 5 N–H and O–H groups in total. The van der Waals surface area contributed by atoms with Gasteiger partial charge in [-0.2, -0.15) is 0 Å². The van der Waals surface area contributed by atoms with Gasteiger partial charge in [0.2, 0.25) is 0 Å². The summed E-state index contributed by atoms with van der Waals surface area (Å²) in [5, 5.41) is 49.1. The number of hydrogen-bond acceptors (Lipinski definition) is 9. The highest BCUT2D eigenvalue weighted by Crippen LogP contribution is 2.25. The number of carbonyl (C=O) groups excluding carboxylic acids is 1. The largest absolute Gasteiger partial charge is 0.481 e. The number of carbonyl (C=O) groups is 2. The Kier molecular flexibility index (Phi) is 11.2. The van der Waals surface area contributed by atoms with Gasteiger partial charge in [-0.1, -0.05) is 33.1 Å². The number of aliphatic carboxylic acids is 1. The third kappa shape index (κ3) is 8.83. The molecule has 0 bridgehead atoms. The lowest BCUT2D eigenvalue weighted by molar-refractivity contribution is -0.312. The summed E-state index contributed by atoms with van der Waals surface area (Å²) in [5.41, 5.74) is -1.79. The minimum absolute atomic E-state index is 0.201. The minimum Gasteiger partial charge on any atom is -0.481 e. The molecule has 0 unspecified atom stereocenters. The van der Waals surface area contributed by atoms with Crippen LogP contribution in [-0.2, 0) is 23.8 Å². The molecule has 176 valence electrons. The van der Waals surface area contributed by atoms with Crippen molar-refractivity contribution >= 4 is 11.9 Å². The Morgan fingerprint density at radius 2 is 1.73 bits per heavy atom. The van der Waals surface area contributed by atoms with E-state index in [-0.39, 0.29) is 6.10 Å². The summed E-state index contributed by atoms with van der Waals surface area (Å²) in [6.07, 6.45) is -3.84. The second-order valence-corrected chi connectivity index (χ2v) is 8.10. The van der Waals surface area contributed by atoms with Crippen LogP contribution in [0.25, 0.3) is 0 Å². The van der Waals surface area contributed by atoms with Crippen LogP contribution in [0.2, 0.25) is 0 Å². The van der Waals surface area contributed by atoms with Crippen LogP contribution in [0.3, 0.4) is 0 Å². The van der Waals surface area contributed by atoms with Gasteiger partial charge >= 0.3 is 11.9 Å². The Labute approximate surface area is 176 Å². The molecule has 1 rings (SSSR count). The third-order valence-corrected chi connectivity index (χ3v) is 5.05. The van der Waals surface area contributed by atoms with Crippen LogP contribution in [0.4, 0.5) is 0 Å². The molecule has 0 spiro atoms. The van der Waals surface area contributed by atoms with E-state index < -0.39 is 67.7 Å². The molecule has 0 saturated carbocycles. The lowest BCUT2D eigenvalue weighted by Gasteiger charge is -2.41. The zero-order valence-electron chi connectivity index (χ0n) is 17.9. The minimum atomic E-state index is -1.79. The normalized spacial score (nSPS) is 29.8. The topological polar surface area (TPSA) is 163 Å². The van der Waals surface area contributed by atoms with E-state index in [4.69, 9.17) is 19.3 Å². The first kappa shape index (κ1) is 26.7. The molecule has 7 atom stereocenters. The monoisotopic (exact) mass is 436 g/mol. The molecule has 30 heavy (non-hydrogen) atoms. The maximum Gasteiger partial charge on any atom is 0.308 e. The second-order valence-electron chi connectivity index (χ2n) is 8.10. The number of rotatable bonds is 13. The first-order valence-electron chi connectivity index (χ1n) is 10.5. The molecule has 0 aromatic carbocycles. The van der Waals surface area contributed by atoms with Crippen molar-refractivity contribution < 1.29 is 49.3 Å². The highest BCUT2D eigenvalue weighted by molar-refractivity contribution is 5.73. The molecule has 1 heterocycles. The van der Waals surface area contributed by atoms with Crippen LogP contribution in [0.1, 0.15) is 65.7 Å². The van der Waals surface area contributed by atoms with Crippen LogP contribution in [0.15, 0.2) is 0 Å². The Morgan fingerprint density at radius 1 is 1.07 bits per heavy atom. The average molecular weight is 436 g/mol. The summed E-state index contributed by atoms with van der Waals surface area (Å²) in [5.74, 6) is -2.15. The molecule has 1 fully saturated rings. The van der Waals surface area contributed by atoms with Crippen LogP contribution in [0.5, 0.6) is 0 Å². The molecule has 0 radical (unpaired) electrons. The lowest BCUT2D eigenvalue weighted by Crippen LogP contribution is -2.60. The predicted molar refractivity (Wildman–Crippen MR) is 104 cm³/mol. The summed E-state index contributed by atoms with van der Waals surface area (Å²) in [6.45, 7) is 4.75. The van der Waals surface area contributed by atoms with Crippen LogP contribution >= 0.6 is 0 Å². The van der Waals surface area contributed by atoms with Gasteiger partial charge in [0, 0.05) is 0 Å². The zero-order valence-corrected chi connectivity index (χ0v) is 17.9. The van der Waals surface area contributed by atoms with Gasteiger partial charge in [0.15, 0.2) is 6.29 Å². The fourth-order valence-electron chi connectivity index (χ4n) is 3.27. The number of hydrogen-bond donors (Lipinski definition) is 5. The quantitative estimate of drug-likeness (QED) is 0.201. The molecule has 0 amide bonds. The number of carboxylic acid groups (broad SMARTS) is 1. The first-order valence-corrected chi connectivity index (χ1v) is 10.5. The highest BCUT2D eigenvalue weighted by Gasteiger charge is 2.45. The van der Waals surface area contributed by atoms with Gasteiger partial charge in [-0.25, -0.2) is 0 Å². The van der Waals surface area contributed by atoms with E-state index in [1.165, 1.54) is 6.92 Å². The van der Waals surface area contributed by atoms with Crippen molar-refractivity contribution in [3.8, 4) is 0 Å². The van der Waals surface area contributed by atoms with E-state index >= 15 is 0 Å². The van der Waals surface area contributed by atoms with Crippen molar-refractivity contribution in [1.82, 2.24) is 0 Å². The molecule has 1 aliphatic rings. The van der Waals surface area contributed by atoms with Gasteiger partial charge in [-0.15, -0.1) is 0 Å². The first-order chi connectivity index (χ1) is 14.0. The van der Waals surface area contributed by atoms with Gasteiger partial charge in [0.25, 0.3) is 0 Å². The number of aliphatic hydroxyl groups excluding tert-OH is 3. The molecule has 10 nitrogen and oxygen atoms in total. The highest BCUT2D eigenvalue weighted by atomic mass is 16.7. The Hall–Kier alpha value is -1.30. The maximum atomic E-state index is 11.9. The summed E-state index contributed by atoms with van der Waals surface area (Å²) >= 11 is 0. The lowest BCUT2D eigenvalue weighted by atomic mass is 9.98. The van der Waals surface area contributed by atoms with Gasteiger partial charge in [-0.3, -0.25) is 9.59 Å². The average Bonchev–Trinajstić information content (AvgIpc) is 2.64. The van der Waals surface area contributed by atoms with Crippen LogP contribution in [-0.4, -0.2) is 86.5 Å². The predicted octanol–water partition coefficient (Wildman–Crippen LogP) is 0.329. The third-order valence-electron chi connectivity index (χ3n) is 5.05. The van der Waals surface area contributed by atoms with E-state index in [0.717, 1.165) is 25.7 Å². The maximum absolute atomic E-state index is 11.9. The van der Waals surface area contributed by atoms with E-state index in [0.29, 0.717) is 6.42 Å². The molecular formula is C20H36O10. The smallest absolute Gasteiger partial charge is 0.308 e. The van der Waals surface area contributed by atoms with E-state index in [1.54, 1.807) is 0 Å². The molecule has 0 aromatic heterocycles. The van der Waals surface area contributed by atoms with Crippen molar-refractivity contribution in [3.05, 3.63) is 0 Å².